The summed E-state index contributed by atoms with van der Waals surface area (Å²) in [6.07, 6.45) is 2.28. The number of nitrogens with one attached hydrogen (secondary N) is 1. The highest BCUT2D eigenvalue weighted by Gasteiger charge is 2.02. The van der Waals surface area contributed by atoms with Gasteiger partial charge in [0.1, 0.15) is 0 Å². The summed E-state index contributed by atoms with van der Waals surface area (Å²) in [5.74, 6) is 0. The molecule has 1 N–H and O–H groups in total. The molecule has 1 heterocycles. The average molecular weight is 195 g/mol. The zero-order valence-electron chi connectivity index (χ0n) is 9.51. The lowest BCUT2D eigenvalue weighted by Crippen LogP contribution is -2.19. The van der Waals surface area contributed by atoms with Gasteiger partial charge in [0.25, 0.3) is 0 Å². The minimum atomic E-state index is 0.969. The summed E-state index contributed by atoms with van der Waals surface area (Å²) in [6, 6.07) is 2.18. The van der Waals surface area contributed by atoms with Gasteiger partial charge >= 0.3 is 0 Å². The normalized spacial score (nSPS) is 10.8. The van der Waals surface area contributed by atoms with E-state index in [0.717, 1.165) is 31.7 Å². The molecule has 1 aromatic rings. The Morgan fingerprint density at radius 1 is 1.36 bits per heavy atom. The van der Waals surface area contributed by atoms with Gasteiger partial charge in [0, 0.05) is 25.2 Å². The van der Waals surface area contributed by atoms with Gasteiger partial charge in [0.15, 0.2) is 0 Å². The quantitative estimate of drug-likeness (QED) is 0.701. The van der Waals surface area contributed by atoms with Crippen molar-refractivity contribution in [1.82, 2.24) is 15.1 Å². The first-order chi connectivity index (χ1) is 6.77. The van der Waals surface area contributed by atoms with Gasteiger partial charge in [0.05, 0.1) is 5.69 Å². The Bertz CT molecular complexity index is 265. The standard InChI is InChI=1S/C11H21N3/c1-4-7-12-8-6-11-9-10(3)13-14(11)5-2/h9,12H,4-8H2,1-3H3. The van der Waals surface area contributed by atoms with Crippen molar-refractivity contribution in [3.8, 4) is 0 Å². The van der Waals surface area contributed by atoms with E-state index in [1.807, 2.05) is 0 Å². The van der Waals surface area contributed by atoms with E-state index in [2.05, 4.69) is 41.9 Å². The summed E-state index contributed by atoms with van der Waals surface area (Å²) in [4.78, 5) is 0. The number of hydrogen-bond acceptors (Lipinski definition) is 2. The Kier molecular flexibility index (Phi) is 4.66. The molecule has 3 nitrogen and oxygen atoms in total. The Morgan fingerprint density at radius 2 is 2.14 bits per heavy atom. The summed E-state index contributed by atoms with van der Waals surface area (Å²) in [5, 5.41) is 7.82. The first kappa shape index (κ1) is 11.2. The van der Waals surface area contributed by atoms with Gasteiger partial charge < -0.3 is 5.32 Å². The summed E-state index contributed by atoms with van der Waals surface area (Å²) in [5.41, 5.74) is 2.46. The molecule has 0 saturated heterocycles. The first-order valence-electron chi connectivity index (χ1n) is 5.52. The molecule has 0 aliphatic carbocycles. The van der Waals surface area contributed by atoms with E-state index in [0.29, 0.717) is 0 Å². The smallest absolute Gasteiger partial charge is 0.0596 e. The van der Waals surface area contributed by atoms with Gasteiger partial charge in [-0.25, -0.2) is 0 Å². The number of nitrogens with zero attached hydrogens (tertiary/aromatic N) is 2. The van der Waals surface area contributed by atoms with Crippen molar-refractivity contribution in [2.24, 2.45) is 0 Å². The van der Waals surface area contributed by atoms with Crippen LogP contribution in [0, 0.1) is 6.92 Å². The fraction of sp³-hybridized carbons (Fsp3) is 0.727. The maximum absolute atomic E-state index is 4.42. The van der Waals surface area contributed by atoms with E-state index >= 15 is 0 Å². The second kappa shape index (κ2) is 5.81. The monoisotopic (exact) mass is 195 g/mol. The van der Waals surface area contributed by atoms with Crippen molar-refractivity contribution in [3.63, 3.8) is 0 Å². The Balaban J connectivity index is 2.41. The second-order valence-electron chi connectivity index (χ2n) is 3.59. The fourth-order valence-electron chi connectivity index (χ4n) is 1.59. The molecule has 14 heavy (non-hydrogen) atoms. The van der Waals surface area contributed by atoms with Crippen LogP contribution in [0.2, 0.25) is 0 Å². The van der Waals surface area contributed by atoms with Crippen LogP contribution in [0.15, 0.2) is 6.07 Å². The van der Waals surface area contributed by atoms with E-state index in [1.165, 1.54) is 12.1 Å². The molecule has 0 aromatic carbocycles. The zero-order valence-corrected chi connectivity index (χ0v) is 9.51. The Hall–Kier alpha value is -0.830. The van der Waals surface area contributed by atoms with Crippen LogP contribution in [0.25, 0.3) is 0 Å². The zero-order chi connectivity index (χ0) is 10.4. The predicted octanol–water partition coefficient (Wildman–Crippen LogP) is 1.75. The number of hydrogen-bond donors (Lipinski definition) is 1. The third kappa shape index (κ3) is 3.14. The van der Waals surface area contributed by atoms with E-state index in [1.54, 1.807) is 0 Å². The predicted molar refractivity (Wildman–Crippen MR) is 59.5 cm³/mol. The number of rotatable bonds is 6. The van der Waals surface area contributed by atoms with Crippen LogP contribution in [0.1, 0.15) is 31.7 Å². The lowest BCUT2D eigenvalue weighted by atomic mass is 10.3. The van der Waals surface area contributed by atoms with Crippen molar-refractivity contribution in [2.75, 3.05) is 13.1 Å². The first-order valence-corrected chi connectivity index (χ1v) is 5.52. The average Bonchev–Trinajstić information content (AvgIpc) is 2.54. The van der Waals surface area contributed by atoms with Crippen LogP contribution >= 0.6 is 0 Å². The molecule has 0 amide bonds. The molecule has 1 rings (SSSR count). The molecule has 0 spiro atoms. The number of aromatic nitrogens is 2. The summed E-state index contributed by atoms with van der Waals surface area (Å²) in [7, 11) is 0. The third-order valence-electron chi connectivity index (χ3n) is 2.27. The van der Waals surface area contributed by atoms with Crippen molar-refractivity contribution >= 4 is 0 Å². The van der Waals surface area contributed by atoms with Crippen LogP contribution < -0.4 is 5.32 Å². The summed E-state index contributed by atoms with van der Waals surface area (Å²) in [6.45, 7) is 9.51. The van der Waals surface area contributed by atoms with E-state index in [4.69, 9.17) is 0 Å². The molecular formula is C11H21N3. The van der Waals surface area contributed by atoms with E-state index < -0.39 is 0 Å². The van der Waals surface area contributed by atoms with Crippen LogP contribution in [-0.2, 0) is 13.0 Å². The summed E-state index contributed by atoms with van der Waals surface area (Å²) >= 11 is 0. The topological polar surface area (TPSA) is 29.9 Å². The molecule has 0 unspecified atom stereocenters. The van der Waals surface area contributed by atoms with Gasteiger partial charge in [0.2, 0.25) is 0 Å². The van der Waals surface area contributed by atoms with Crippen molar-refractivity contribution in [1.29, 1.82) is 0 Å². The Labute approximate surface area is 86.5 Å². The molecule has 0 aliphatic heterocycles. The highest BCUT2D eigenvalue weighted by molar-refractivity contribution is 5.09. The van der Waals surface area contributed by atoms with Gasteiger partial charge in [-0.05, 0) is 32.9 Å². The molecule has 80 valence electrons. The lowest BCUT2D eigenvalue weighted by Gasteiger charge is -2.05. The molecule has 0 radical (unpaired) electrons. The Morgan fingerprint density at radius 3 is 2.79 bits per heavy atom. The molecule has 1 aromatic heterocycles. The fourth-order valence-corrected chi connectivity index (χ4v) is 1.59. The van der Waals surface area contributed by atoms with Gasteiger partial charge in [-0.15, -0.1) is 0 Å². The number of aryl methyl sites for hydroxylation is 2. The molecule has 0 saturated carbocycles. The lowest BCUT2D eigenvalue weighted by molar-refractivity contribution is 0.593. The largest absolute Gasteiger partial charge is 0.316 e. The SMILES string of the molecule is CCCNCCc1cc(C)nn1CC. The van der Waals surface area contributed by atoms with Crippen molar-refractivity contribution in [2.45, 2.75) is 40.2 Å². The minimum Gasteiger partial charge on any atom is -0.316 e. The molecule has 0 fully saturated rings. The van der Waals surface area contributed by atoms with Crippen LogP contribution in [-0.4, -0.2) is 22.9 Å². The molecular weight excluding hydrogens is 174 g/mol. The van der Waals surface area contributed by atoms with Gasteiger partial charge in [-0.1, -0.05) is 6.92 Å². The van der Waals surface area contributed by atoms with Crippen LogP contribution in [0.5, 0.6) is 0 Å². The van der Waals surface area contributed by atoms with Gasteiger partial charge in [-0.3, -0.25) is 4.68 Å². The minimum absolute atomic E-state index is 0.969. The van der Waals surface area contributed by atoms with Crippen LogP contribution in [0.3, 0.4) is 0 Å². The second-order valence-corrected chi connectivity index (χ2v) is 3.59. The van der Waals surface area contributed by atoms with E-state index in [9.17, 15) is 0 Å². The van der Waals surface area contributed by atoms with Crippen molar-refractivity contribution < 1.29 is 0 Å². The summed E-state index contributed by atoms with van der Waals surface area (Å²) < 4.78 is 2.09. The molecule has 0 bridgehead atoms. The maximum atomic E-state index is 4.42. The molecule has 0 atom stereocenters. The maximum Gasteiger partial charge on any atom is 0.0596 e. The highest BCUT2D eigenvalue weighted by Crippen LogP contribution is 2.03. The molecule has 0 aliphatic rings. The molecule has 3 heteroatoms. The van der Waals surface area contributed by atoms with Crippen LogP contribution in [0.4, 0.5) is 0 Å². The van der Waals surface area contributed by atoms with Gasteiger partial charge in [-0.2, -0.15) is 5.10 Å². The highest BCUT2D eigenvalue weighted by atomic mass is 15.3. The third-order valence-corrected chi connectivity index (χ3v) is 2.27. The van der Waals surface area contributed by atoms with E-state index in [-0.39, 0.29) is 0 Å². The van der Waals surface area contributed by atoms with Crippen molar-refractivity contribution in [3.05, 3.63) is 17.5 Å².